The van der Waals surface area contributed by atoms with Crippen molar-refractivity contribution in [3.63, 3.8) is 0 Å². The molecule has 0 fully saturated rings. The van der Waals surface area contributed by atoms with Crippen molar-refractivity contribution in [3.8, 4) is 0 Å². The average Bonchev–Trinajstić information content (AvgIpc) is 2.04. The van der Waals surface area contributed by atoms with E-state index in [0.29, 0.717) is 5.88 Å². The normalized spacial score (nSPS) is 10.5. The lowest BCUT2D eigenvalue weighted by Gasteiger charge is -2.03. The van der Waals surface area contributed by atoms with Crippen molar-refractivity contribution in [3.05, 3.63) is 29.8 Å². The molecule has 0 saturated heterocycles. The summed E-state index contributed by atoms with van der Waals surface area (Å²) in [6.07, 6.45) is 0. The Balaban J connectivity index is 3.02. The van der Waals surface area contributed by atoms with E-state index in [1.165, 1.54) is 0 Å². The molecule has 0 bridgehead atoms. The second kappa shape index (κ2) is 4.36. The third-order valence-corrected chi connectivity index (χ3v) is 3.77. The van der Waals surface area contributed by atoms with Gasteiger partial charge in [0.15, 0.2) is 0 Å². The van der Waals surface area contributed by atoms with Crippen molar-refractivity contribution in [2.24, 2.45) is 0 Å². The second-order valence-corrected chi connectivity index (χ2v) is 6.23. The minimum Gasteiger partial charge on any atom is -0.140 e. The van der Waals surface area contributed by atoms with Gasteiger partial charge in [-0.2, -0.15) is 0 Å². The minimum absolute atomic E-state index is 0.476. The molecule has 0 N–H and O–H groups in total. The van der Waals surface area contributed by atoms with Gasteiger partial charge in [-0.15, -0.1) is 33.8 Å². The van der Waals surface area contributed by atoms with Crippen molar-refractivity contribution in [2.75, 3.05) is 0 Å². The topological polar surface area (TPSA) is 0 Å². The Bertz CT molecular complexity index is 237. The van der Waals surface area contributed by atoms with Crippen LogP contribution in [0.15, 0.2) is 24.3 Å². The van der Waals surface area contributed by atoms with Crippen LogP contribution >= 0.6 is 33.8 Å². The van der Waals surface area contributed by atoms with Crippen LogP contribution in [-0.2, 0) is 5.88 Å². The Kier molecular flexibility index (Phi) is 3.73. The minimum atomic E-state index is -1.39. The number of halogens is 3. The molecule has 0 aliphatic carbocycles. The van der Waals surface area contributed by atoms with Gasteiger partial charge >= 0.3 is 7.42 Å². The molecule has 0 amide bonds. The lowest BCUT2D eigenvalue weighted by Crippen LogP contribution is -2.21. The van der Waals surface area contributed by atoms with Crippen LogP contribution in [0.2, 0.25) is 0 Å². The van der Waals surface area contributed by atoms with Gasteiger partial charge in [0.05, 0.1) is 0 Å². The van der Waals surface area contributed by atoms with Crippen LogP contribution < -0.4 is 5.19 Å². The van der Waals surface area contributed by atoms with Gasteiger partial charge in [-0.3, -0.25) is 0 Å². The van der Waals surface area contributed by atoms with Crippen molar-refractivity contribution < 1.29 is 0 Å². The first-order chi connectivity index (χ1) is 5.25. The summed E-state index contributed by atoms with van der Waals surface area (Å²) in [6, 6.07) is 7.71. The van der Waals surface area contributed by atoms with E-state index >= 15 is 0 Å². The molecule has 0 aliphatic rings. The average molecular weight is 225 g/mol. The van der Waals surface area contributed by atoms with Gasteiger partial charge in [-0.25, -0.2) is 0 Å². The van der Waals surface area contributed by atoms with Crippen LogP contribution in [-0.4, -0.2) is 7.42 Å². The number of rotatable bonds is 2. The van der Waals surface area contributed by atoms with Gasteiger partial charge in [0, 0.05) is 5.88 Å². The maximum Gasteiger partial charge on any atom is 0.307 e. The molecule has 0 aliphatic heterocycles. The van der Waals surface area contributed by atoms with E-state index in [1.807, 2.05) is 24.3 Å². The van der Waals surface area contributed by atoms with E-state index in [4.69, 9.17) is 33.8 Å². The Hall–Kier alpha value is 0.307. The predicted octanol–water partition coefficient (Wildman–Crippen LogP) is 2.60. The fourth-order valence-corrected chi connectivity index (χ4v) is 2.91. The zero-order chi connectivity index (χ0) is 8.27. The number of alkyl halides is 1. The third-order valence-electron chi connectivity index (χ3n) is 1.36. The predicted molar refractivity (Wildman–Crippen MR) is 53.1 cm³/mol. The first kappa shape index (κ1) is 9.40. The fourth-order valence-electron chi connectivity index (χ4n) is 0.821. The summed E-state index contributed by atoms with van der Waals surface area (Å²) in [6.45, 7) is 0. The van der Waals surface area contributed by atoms with Crippen molar-refractivity contribution >= 4 is 46.4 Å². The molecule has 0 heterocycles. The smallest absolute Gasteiger partial charge is 0.140 e. The number of hydrogen-bond donors (Lipinski definition) is 0. The Labute approximate surface area is 82.1 Å². The maximum absolute atomic E-state index is 5.80. The van der Waals surface area contributed by atoms with Crippen LogP contribution in [0.4, 0.5) is 0 Å². The summed E-state index contributed by atoms with van der Waals surface area (Å²) in [5.41, 5.74) is 1.04. The number of benzene rings is 1. The molecule has 0 spiro atoms. The lowest BCUT2D eigenvalue weighted by atomic mass is 10.2. The van der Waals surface area contributed by atoms with Gasteiger partial charge in [-0.05, 0) is 10.8 Å². The highest BCUT2D eigenvalue weighted by Crippen LogP contribution is 2.05. The molecule has 59 valence electrons. The van der Waals surface area contributed by atoms with Crippen molar-refractivity contribution in [1.82, 2.24) is 0 Å². The van der Waals surface area contributed by atoms with Crippen LogP contribution in [0, 0.1) is 0 Å². The molecule has 1 aromatic carbocycles. The lowest BCUT2D eigenvalue weighted by molar-refractivity contribution is 1.44. The Morgan fingerprint density at radius 1 is 1.18 bits per heavy atom. The Morgan fingerprint density at radius 2 is 1.82 bits per heavy atom. The van der Waals surface area contributed by atoms with E-state index in [2.05, 4.69) is 0 Å². The molecular weight excluding hydrogens is 219 g/mol. The van der Waals surface area contributed by atoms with Gasteiger partial charge in [-0.1, -0.05) is 24.3 Å². The highest BCUT2D eigenvalue weighted by Gasteiger charge is 2.10. The van der Waals surface area contributed by atoms with Crippen LogP contribution in [0.25, 0.3) is 0 Å². The molecule has 4 heteroatoms. The fraction of sp³-hybridized carbons (Fsp3) is 0.143. The number of hydrogen-bond acceptors (Lipinski definition) is 0. The quantitative estimate of drug-likeness (QED) is 0.412. The first-order valence-corrected chi connectivity index (χ1v) is 7.13. The van der Waals surface area contributed by atoms with Gasteiger partial charge < -0.3 is 0 Å². The molecule has 1 radical (unpaired) electrons. The molecular formula is C7H6Cl3Si. The zero-order valence-electron chi connectivity index (χ0n) is 5.65. The SMILES string of the molecule is ClCc1ccccc1[Si](Cl)Cl. The molecule has 0 unspecified atom stereocenters. The van der Waals surface area contributed by atoms with Crippen LogP contribution in [0.1, 0.15) is 5.56 Å². The first-order valence-electron chi connectivity index (χ1n) is 3.08. The summed E-state index contributed by atoms with van der Waals surface area (Å²) in [4.78, 5) is 0. The van der Waals surface area contributed by atoms with Gasteiger partial charge in [0.1, 0.15) is 0 Å². The van der Waals surface area contributed by atoms with E-state index in [9.17, 15) is 0 Å². The van der Waals surface area contributed by atoms with E-state index < -0.39 is 7.42 Å². The molecule has 1 rings (SSSR count). The maximum atomic E-state index is 5.80. The molecule has 1 aromatic rings. The summed E-state index contributed by atoms with van der Waals surface area (Å²) in [5, 5.41) is 0.996. The van der Waals surface area contributed by atoms with Gasteiger partial charge in [0.2, 0.25) is 0 Å². The summed E-state index contributed by atoms with van der Waals surface area (Å²) >= 11 is 17.3. The van der Waals surface area contributed by atoms with Crippen LogP contribution in [0.3, 0.4) is 0 Å². The molecule has 0 atom stereocenters. The summed E-state index contributed by atoms with van der Waals surface area (Å²) in [7, 11) is -1.39. The summed E-state index contributed by atoms with van der Waals surface area (Å²) in [5.74, 6) is 0.476. The second-order valence-electron chi connectivity index (χ2n) is 2.05. The van der Waals surface area contributed by atoms with Crippen molar-refractivity contribution in [1.29, 1.82) is 0 Å². The Morgan fingerprint density at radius 3 is 2.27 bits per heavy atom. The standard InChI is InChI=1S/C7H6Cl3Si/c8-5-6-3-1-2-4-7(6)11(9)10/h1-4H,5H2. The van der Waals surface area contributed by atoms with E-state index in [-0.39, 0.29) is 0 Å². The largest absolute Gasteiger partial charge is 0.307 e. The summed E-state index contributed by atoms with van der Waals surface area (Å²) < 4.78 is 0. The van der Waals surface area contributed by atoms with E-state index in [1.54, 1.807) is 0 Å². The van der Waals surface area contributed by atoms with Gasteiger partial charge in [0.25, 0.3) is 0 Å². The molecule has 0 saturated carbocycles. The van der Waals surface area contributed by atoms with Crippen LogP contribution in [0.5, 0.6) is 0 Å². The van der Waals surface area contributed by atoms with E-state index in [0.717, 1.165) is 10.8 Å². The monoisotopic (exact) mass is 223 g/mol. The molecule has 0 nitrogen and oxygen atoms in total. The van der Waals surface area contributed by atoms with Crippen molar-refractivity contribution in [2.45, 2.75) is 5.88 Å². The third kappa shape index (κ3) is 2.37. The molecule has 11 heavy (non-hydrogen) atoms. The highest BCUT2D eigenvalue weighted by atomic mass is 35.7. The highest BCUT2D eigenvalue weighted by molar-refractivity contribution is 7.39. The molecule has 0 aromatic heterocycles. The zero-order valence-corrected chi connectivity index (χ0v) is 8.92.